The predicted octanol–water partition coefficient (Wildman–Crippen LogP) is 4.60. The number of hydrogen-bond acceptors (Lipinski definition) is 4. The minimum Gasteiger partial charge on any atom is -0.454 e. The van der Waals surface area contributed by atoms with Crippen LogP contribution in [-0.2, 0) is 4.74 Å². The molecule has 146 valence electrons. The Morgan fingerprint density at radius 1 is 0.828 bits per heavy atom. The second kappa shape index (κ2) is 8.97. The summed E-state index contributed by atoms with van der Waals surface area (Å²) in [6.45, 7) is 3.42. The van der Waals surface area contributed by atoms with Crippen molar-refractivity contribution in [1.29, 1.82) is 0 Å². The molecular formula is C24H21NO4. The molecular weight excluding hydrogens is 366 g/mol. The van der Waals surface area contributed by atoms with Gasteiger partial charge in [-0.15, -0.1) is 0 Å². The van der Waals surface area contributed by atoms with Gasteiger partial charge in [-0.05, 0) is 61.9 Å². The molecule has 0 radical (unpaired) electrons. The van der Waals surface area contributed by atoms with Gasteiger partial charge in [0, 0.05) is 16.8 Å². The molecule has 0 aliphatic heterocycles. The Bertz CT molecular complexity index is 1040. The topological polar surface area (TPSA) is 72.5 Å². The van der Waals surface area contributed by atoms with Gasteiger partial charge in [-0.2, -0.15) is 0 Å². The van der Waals surface area contributed by atoms with Gasteiger partial charge in [0.25, 0.3) is 5.91 Å². The van der Waals surface area contributed by atoms with Crippen molar-refractivity contribution in [2.75, 3.05) is 11.9 Å². The molecule has 3 aromatic carbocycles. The summed E-state index contributed by atoms with van der Waals surface area (Å²) < 4.78 is 5.16. The van der Waals surface area contributed by atoms with E-state index in [1.807, 2.05) is 32.0 Å². The number of aryl methyl sites for hydroxylation is 2. The van der Waals surface area contributed by atoms with Crippen LogP contribution < -0.4 is 5.32 Å². The van der Waals surface area contributed by atoms with Gasteiger partial charge in [-0.25, -0.2) is 4.79 Å². The molecule has 0 aliphatic rings. The molecule has 0 aromatic heterocycles. The fraction of sp³-hybridized carbons (Fsp3) is 0.125. The largest absolute Gasteiger partial charge is 0.454 e. The summed E-state index contributed by atoms with van der Waals surface area (Å²) >= 11 is 0. The van der Waals surface area contributed by atoms with E-state index in [4.69, 9.17) is 4.74 Å². The van der Waals surface area contributed by atoms with Crippen LogP contribution >= 0.6 is 0 Å². The third-order valence-electron chi connectivity index (χ3n) is 4.44. The molecule has 0 fully saturated rings. The number of carbonyl (C=O) groups is 3. The summed E-state index contributed by atoms with van der Waals surface area (Å²) in [5.74, 6) is -1.07. The van der Waals surface area contributed by atoms with Crippen LogP contribution in [0.5, 0.6) is 0 Å². The van der Waals surface area contributed by atoms with Gasteiger partial charge in [-0.1, -0.05) is 35.9 Å². The van der Waals surface area contributed by atoms with Gasteiger partial charge in [-0.3, -0.25) is 9.59 Å². The molecule has 0 saturated heterocycles. The molecule has 0 bridgehead atoms. The van der Waals surface area contributed by atoms with Crippen LogP contribution in [-0.4, -0.2) is 24.3 Å². The first kappa shape index (κ1) is 20.0. The first-order valence-corrected chi connectivity index (χ1v) is 9.18. The van der Waals surface area contributed by atoms with E-state index in [0.29, 0.717) is 22.4 Å². The zero-order valence-corrected chi connectivity index (χ0v) is 16.3. The summed E-state index contributed by atoms with van der Waals surface area (Å²) in [5, 5.41) is 2.77. The van der Waals surface area contributed by atoms with E-state index in [-0.39, 0.29) is 18.3 Å². The van der Waals surface area contributed by atoms with Gasteiger partial charge in [0.15, 0.2) is 12.4 Å². The lowest BCUT2D eigenvalue weighted by molar-refractivity contribution is 0.0474. The zero-order chi connectivity index (χ0) is 20.8. The Labute approximate surface area is 169 Å². The Balaban J connectivity index is 1.57. The van der Waals surface area contributed by atoms with Crippen LogP contribution in [0.1, 0.15) is 42.2 Å². The fourth-order valence-corrected chi connectivity index (χ4v) is 2.87. The van der Waals surface area contributed by atoms with E-state index in [9.17, 15) is 14.4 Å². The maximum atomic E-state index is 12.3. The van der Waals surface area contributed by atoms with Gasteiger partial charge >= 0.3 is 5.97 Å². The molecule has 0 atom stereocenters. The van der Waals surface area contributed by atoms with Crippen molar-refractivity contribution in [2.45, 2.75) is 13.8 Å². The van der Waals surface area contributed by atoms with E-state index in [0.717, 1.165) is 11.1 Å². The summed E-state index contributed by atoms with van der Waals surface area (Å²) in [7, 11) is 0. The van der Waals surface area contributed by atoms with Crippen molar-refractivity contribution in [2.24, 2.45) is 0 Å². The number of ketones is 1. The molecule has 0 spiro atoms. The highest BCUT2D eigenvalue weighted by Crippen LogP contribution is 2.14. The minimum atomic E-state index is -0.525. The summed E-state index contributed by atoms with van der Waals surface area (Å²) in [4.78, 5) is 36.7. The Kier molecular flexibility index (Phi) is 6.19. The predicted molar refractivity (Wildman–Crippen MR) is 111 cm³/mol. The number of benzene rings is 3. The number of ether oxygens (including phenoxy) is 1. The molecule has 0 saturated carbocycles. The third-order valence-corrected chi connectivity index (χ3v) is 4.44. The summed E-state index contributed by atoms with van der Waals surface area (Å²) in [6.07, 6.45) is 0. The van der Waals surface area contributed by atoms with Crippen LogP contribution in [0.15, 0.2) is 72.8 Å². The molecule has 1 amide bonds. The number of esters is 1. The van der Waals surface area contributed by atoms with Gasteiger partial charge < -0.3 is 10.1 Å². The second-order valence-corrected chi connectivity index (χ2v) is 6.72. The zero-order valence-electron chi connectivity index (χ0n) is 16.3. The summed E-state index contributed by atoms with van der Waals surface area (Å²) in [5.41, 5.74) is 3.82. The molecule has 5 nitrogen and oxygen atoms in total. The van der Waals surface area contributed by atoms with Crippen molar-refractivity contribution < 1.29 is 19.1 Å². The van der Waals surface area contributed by atoms with E-state index in [2.05, 4.69) is 5.32 Å². The SMILES string of the molecule is Cc1ccc(C(=O)OCC(=O)c2ccc(NC(=O)c3ccccc3)cc2)c(C)c1. The van der Waals surface area contributed by atoms with Crippen molar-refractivity contribution in [1.82, 2.24) is 0 Å². The number of Topliss-reactive ketones (excluding diaryl/α,β-unsaturated/α-hetero) is 1. The fourth-order valence-electron chi connectivity index (χ4n) is 2.87. The maximum Gasteiger partial charge on any atom is 0.338 e. The van der Waals surface area contributed by atoms with E-state index in [1.54, 1.807) is 54.6 Å². The molecule has 0 unspecified atom stereocenters. The third kappa shape index (κ3) is 5.17. The number of carbonyl (C=O) groups excluding carboxylic acids is 3. The van der Waals surface area contributed by atoms with Crippen LogP contribution in [0, 0.1) is 13.8 Å². The Hall–Kier alpha value is -3.73. The quantitative estimate of drug-likeness (QED) is 0.496. The summed E-state index contributed by atoms with van der Waals surface area (Å²) in [6, 6.07) is 20.7. The molecule has 3 aromatic rings. The first-order valence-electron chi connectivity index (χ1n) is 9.18. The number of rotatable bonds is 6. The van der Waals surface area contributed by atoms with Crippen LogP contribution in [0.25, 0.3) is 0 Å². The normalized spacial score (nSPS) is 10.3. The van der Waals surface area contributed by atoms with E-state index < -0.39 is 5.97 Å². The molecule has 29 heavy (non-hydrogen) atoms. The van der Waals surface area contributed by atoms with Crippen LogP contribution in [0.2, 0.25) is 0 Å². The van der Waals surface area contributed by atoms with Crippen molar-refractivity contribution in [3.05, 3.63) is 101 Å². The van der Waals surface area contributed by atoms with Crippen molar-refractivity contribution in [3.63, 3.8) is 0 Å². The van der Waals surface area contributed by atoms with E-state index >= 15 is 0 Å². The number of anilines is 1. The van der Waals surface area contributed by atoms with Crippen LogP contribution in [0.4, 0.5) is 5.69 Å². The monoisotopic (exact) mass is 387 g/mol. The smallest absolute Gasteiger partial charge is 0.338 e. The highest BCUT2D eigenvalue weighted by atomic mass is 16.5. The first-order chi connectivity index (χ1) is 13.9. The minimum absolute atomic E-state index is 0.230. The maximum absolute atomic E-state index is 12.3. The standard InChI is InChI=1S/C24H21NO4/c1-16-8-13-21(17(2)14-16)24(28)29-15-22(26)18-9-11-20(12-10-18)25-23(27)19-6-4-3-5-7-19/h3-14H,15H2,1-2H3,(H,25,27). The molecule has 0 aliphatic carbocycles. The highest BCUT2D eigenvalue weighted by Gasteiger charge is 2.14. The van der Waals surface area contributed by atoms with E-state index in [1.165, 1.54) is 0 Å². The molecule has 3 rings (SSSR count). The number of hydrogen-bond donors (Lipinski definition) is 1. The van der Waals surface area contributed by atoms with Crippen molar-refractivity contribution in [3.8, 4) is 0 Å². The Morgan fingerprint density at radius 2 is 1.52 bits per heavy atom. The number of amides is 1. The second-order valence-electron chi connectivity index (χ2n) is 6.72. The number of nitrogens with one attached hydrogen (secondary N) is 1. The van der Waals surface area contributed by atoms with Crippen molar-refractivity contribution >= 4 is 23.3 Å². The van der Waals surface area contributed by atoms with Crippen LogP contribution in [0.3, 0.4) is 0 Å². The lowest BCUT2D eigenvalue weighted by Crippen LogP contribution is -2.15. The lowest BCUT2D eigenvalue weighted by atomic mass is 10.1. The van der Waals surface area contributed by atoms with Gasteiger partial charge in [0.2, 0.25) is 0 Å². The molecule has 0 heterocycles. The van der Waals surface area contributed by atoms with Gasteiger partial charge in [0.1, 0.15) is 0 Å². The molecule has 1 N–H and O–H groups in total. The van der Waals surface area contributed by atoms with Gasteiger partial charge in [0.05, 0.1) is 5.56 Å². The Morgan fingerprint density at radius 3 is 2.17 bits per heavy atom. The lowest BCUT2D eigenvalue weighted by Gasteiger charge is -2.08. The average Bonchev–Trinajstić information content (AvgIpc) is 2.73. The highest BCUT2D eigenvalue weighted by molar-refractivity contribution is 6.05. The molecule has 5 heteroatoms. The average molecular weight is 387 g/mol.